The van der Waals surface area contributed by atoms with Crippen molar-refractivity contribution < 1.29 is 80.2 Å². The van der Waals surface area contributed by atoms with Gasteiger partial charge in [0.25, 0.3) is 0 Å². The predicted octanol–water partition coefficient (Wildman–Crippen LogP) is 19.1. The number of ether oxygens (including phenoxy) is 4. The van der Waals surface area contributed by atoms with E-state index in [1.807, 2.05) is 0 Å². The van der Waals surface area contributed by atoms with Crippen molar-refractivity contribution in [2.75, 3.05) is 39.6 Å². The van der Waals surface area contributed by atoms with Crippen molar-refractivity contribution >= 4 is 39.5 Å². The molecule has 0 spiro atoms. The van der Waals surface area contributed by atoms with Crippen LogP contribution in [0.3, 0.4) is 0 Å². The van der Waals surface area contributed by atoms with Crippen LogP contribution in [0, 0.1) is 0 Å². The van der Waals surface area contributed by atoms with Gasteiger partial charge in [0, 0.05) is 25.7 Å². The number of hydrogen-bond donors (Lipinski definition) is 3. The van der Waals surface area contributed by atoms with Crippen LogP contribution in [0.15, 0.2) is 0 Å². The van der Waals surface area contributed by atoms with Crippen LogP contribution >= 0.6 is 15.6 Å². The zero-order valence-electron chi connectivity index (χ0n) is 55.3. The number of phosphoric acid groups is 2. The van der Waals surface area contributed by atoms with Gasteiger partial charge in [-0.1, -0.05) is 297 Å². The summed E-state index contributed by atoms with van der Waals surface area (Å²) in [5.74, 6) is -2.13. The van der Waals surface area contributed by atoms with Gasteiger partial charge >= 0.3 is 39.5 Å². The van der Waals surface area contributed by atoms with Crippen LogP contribution in [-0.2, 0) is 65.4 Å². The molecule has 17 nitrogen and oxygen atoms in total. The highest BCUT2D eigenvalue weighted by molar-refractivity contribution is 7.47. The molecular weight excluding hydrogens is 1140 g/mol. The van der Waals surface area contributed by atoms with E-state index in [1.165, 1.54) is 173 Å². The second-order valence-corrected chi connectivity index (χ2v) is 27.1. The summed E-state index contributed by atoms with van der Waals surface area (Å²) in [6.07, 6.45) is 48.8. The molecule has 2 unspecified atom stereocenters. The van der Waals surface area contributed by atoms with Crippen LogP contribution < -0.4 is 0 Å². The number of aliphatic hydroxyl groups excluding tert-OH is 1. The highest BCUT2D eigenvalue weighted by Gasteiger charge is 2.30. The zero-order chi connectivity index (χ0) is 63.3. The molecule has 0 aromatic rings. The first-order valence-corrected chi connectivity index (χ1v) is 38.3. The monoisotopic (exact) mass is 1270 g/mol. The van der Waals surface area contributed by atoms with E-state index in [-0.39, 0.29) is 25.7 Å². The largest absolute Gasteiger partial charge is 0.472 e. The van der Waals surface area contributed by atoms with Crippen molar-refractivity contribution in [1.29, 1.82) is 0 Å². The van der Waals surface area contributed by atoms with Crippen LogP contribution in [-0.4, -0.2) is 96.7 Å². The summed E-state index contributed by atoms with van der Waals surface area (Å²) in [6, 6.07) is 0. The van der Waals surface area contributed by atoms with E-state index in [1.54, 1.807) is 0 Å². The van der Waals surface area contributed by atoms with Crippen molar-refractivity contribution in [3.63, 3.8) is 0 Å². The maximum Gasteiger partial charge on any atom is 0.472 e. The summed E-state index contributed by atoms with van der Waals surface area (Å²) in [6.45, 7) is 4.85. The summed E-state index contributed by atoms with van der Waals surface area (Å²) in [7, 11) is -9.88. The fraction of sp³-hybridized carbons (Fsp3) is 0.940. The molecule has 0 saturated heterocycles. The fourth-order valence-electron chi connectivity index (χ4n) is 10.2. The fourth-order valence-corrected chi connectivity index (χ4v) is 11.7. The first kappa shape index (κ1) is 84.1. The minimum Gasteiger partial charge on any atom is -0.462 e. The summed E-state index contributed by atoms with van der Waals surface area (Å²) >= 11 is 0. The lowest BCUT2D eigenvalue weighted by molar-refractivity contribution is -0.161. The molecule has 0 aliphatic rings. The van der Waals surface area contributed by atoms with Crippen LogP contribution in [0.4, 0.5) is 0 Å². The minimum atomic E-state index is -4.94. The van der Waals surface area contributed by atoms with Crippen molar-refractivity contribution in [1.82, 2.24) is 0 Å². The number of esters is 4. The van der Waals surface area contributed by atoms with E-state index in [0.29, 0.717) is 25.7 Å². The first-order chi connectivity index (χ1) is 41.7. The van der Waals surface area contributed by atoms with Gasteiger partial charge in [-0.3, -0.25) is 37.3 Å². The highest BCUT2D eigenvalue weighted by Crippen LogP contribution is 2.45. The number of carbonyl (C=O) groups is 4. The number of rotatable bonds is 68. The summed E-state index contributed by atoms with van der Waals surface area (Å²) in [4.78, 5) is 72.2. The Hall–Kier alpha value is -1.94. The first-order valence-electron chi connectivity index (χ1n) is 35.3. The number of phosphoric ester groups is 2. The number of aliphatic hydroxyl groups is 1. The maximum atomic E-state index is 13.0. The Morgan fingerprint density at radius 3 is 0.686 bits per heavy atom. The molecule has 5 atom stereocenters. The van der Waals surface area contributed by atoms with Crippen molar-refractivity contribution in [2.24, 2.45) is 0 Å². The molecule has 3 N–H and O–H groups in total. The lowest BCUT2D eigenvalue weighted by Crippen LogP contribution is -2.30. The molecule has 0 aliphatic carbocycles. The van der Waals surface area contributed by atoms with Gasteiger partial charge in [0.15, 0.2) is 12.2 Å². The molecule has 0 radical (unpaired) electrons. The third-order valence-corrected chi connectivity index (χ3v) is 17.5. The zero-order valence-corrected chi connectivity index (χ0v) is 57.1. The SMILES string of the molecule is CCCCCCCCCCCCCCCCCC(=O)O[C@H](COC(=O)CCCCCCC)COP(=O)(O)OC[C@H](O)COP(=O)(O)OC[C@@H](COC(=O)CCCCCCCCCCCCCCC)OC(=O)CCCCCCCCCCCCCCC. The molecule has 0 aromatic carbocycles. The van der Waals surface area contributed by atoms with Crippen LogP contribution in [0.2, 0.25) is 0 Å². The summed E-state index contributed by atoms with van der Waals surface area (Å²) in [5.41, 5.74) is 0. The molecule has 0 rings (SSSR count). The molecule has 0 heterocycles. The van der Waals surface area contributed by atoms with E-state index in [9.17, 15) is 43.2 Å². The quantitative estimate of drug-likeness (QED) is 0.0222. The Morgan fingerprint density at radius 1 is 0.279 bits per heavy atom. The van der Waals surface area contributed by atoms with E-state index in [4.69, 9.17) is 37.0 Å². The molecular formula is C67H130O17P2. The second kappa shape index (κ2) is 61.9. The van der Waals surface area contributed by atoms with Gasteiger partial charge in [-0.2, -0.15) is 0 Å². The normalized spacial score (nSPS) is 14.1. The van der Waals surface area contributed by atoms with Gasteiger partial charge in [-0.05, 0) is 25.7 Å². The van der Waals surface area contributed by atoms with Crippen LogP contribution in [0.25, 0.3) is 0 Å². The topological polar surface area (TPSA) is 237 Å². The summed E-state index contributed by atoms with van der Waals surface area (Å²) in [5, 5.41) is 10.5. The van der Waals surface area contributed by atoms with E-state index >= 15 is 0 Å². The molecule has 510 valence electrons. The second-order valence-electron chi connectivity index (χ2n) is 24.2. The molecule has 0 aliphatic heterocycles. The molecule has 86 heavy (non-hydrogen) atoms. The van der Waals surface area contributed by atoms with Crippen molar-refractivity contribution in [3.8, 4) is 0 Å². The number of carbonyl (C=O) groups excluding carboxylic acids is 4. The average molecular weight is 1270 g/mol. The Morgan fingerprint density at radius 2 is 0.465 bits per heavy atom. The van der Waals surface area contributed by atoms with Gasteiger partial charge in [0.1, 0.15) is 19.3 Å². The Balaban J connectivity index is 5.14. The molecule has 0 saturated carbocycles. The van der Waals surface area contributed by atoms with Gasteiger partial charge in [0.05, 0.1) is 26.4 Å². The standard InChI is InChI=1S/C67H130O17P2/c1-5-9-13-17-20-23-26-29-30-33-36-39-42-46-50-53-66(71)83-62(57-77-64(69)51-47-43-16-12-8-4)59-81-85(73,74)79-55-61(68)56-80-86(75,76)82-60-63(84-67(72)54-49-45-41-38-35-32-28-25-22-19-15-11-7-3)58-78-65(70)52-48-44-40-37-34-31-27-24-21-18-14-10-6-2/h61-63,68H,5-60H2,1-4H3,(H,73,74)(H,75,76)/t61-,62+,63+/m0/s1. The van der Waals surface area contributed by atoms with Gasteiger partial charge in [-0.25, -0.2) is 9.13 Å². The number of unbranched alkanes of at least 4 members (excludes halogenated alkanes) is 42. The molecule has 0 bridgehead atoms. The van der Waals surface area contributed by atoms with Crippen LogP contribution in [0.1, 0.15) is 349 Å². The third kappa shape index (κ3) is 60.9. The lowest BCUT2D eigenvalue weighted by atomic mass is 10.0. The molecule has 0 aromatic heterocycles. The van der Waals surface area contributed by atoms with E-state index in [2.05, 4.69) is 27.7 Å². The van der Waals surface area contributed by atoms with Crippen LogP contribution in [0.5, 0.6) is 0 Å². The van der Waals surface area contributed by atoms with E-state index in [0.717, 1.165) is 96.3 Å². The molecule has 19 heteroatoms. The lowest BCUT2D eigenvalue weighted by Gasteiger charge is -2.21. The minimum absolute atomic E-state index is 0.108. The summed E-state index contributed by atoms with van der Waals surface area (Å²) < 4.78 is 68.0. The third-order valence-electron chi connectivity index (χ3n) is 15.6. The van der Waals surface area contributed by atoms with Gasteiger partial charge < -0.3 is 33.8 Å². The van der Waals surface area contributed by atoms with Gasteiger partial charge in [0.2, 0.25) is 0 Å². The average Bonchev–Trinajstić information content (AvgIpc) is 3.65. The molecule has 0 amide bonds. The van der Waals surface area contributed by atoms with E-state index < -0.39 is 97.5 Å². The Bertz CT molecular complexity index is 1650. The Labute approximate surface area is 524 Å². The highest BCUT2D eigenvalue weighted by atomic mass is 31.2. The Kier molecular flexibility index (Phi) is 60.5. The smallest absolute Gasteiger partial charge is 0.462 e. The van der Waals surface area contributed by atoms with Crippen molar-refractivity contribution in [3.05, 3.63) is 0 Å². The predicted molar refractivity (Wildman–Crippen MR) is 345 cm³/mol. The molecule has 0 fully saturated rings. The van der Waals surface area contributed by atoms with Gasteiger partial charge in [-0.15, -0.1) is 0 Å². The number of hydrogen-bond acceptors (Lipinski definition) is 15. The van der Waals surface area contributed by atoms with Crippen molar-refractivity contribution in [2.45, 2.75) is 367 Å². The maximum absolute atomic E-state index is 13.0.